The Morgan fingerprint density at radius 2 is 2.06 bits per heavy atom. The van der Waals surface area contributed by atoms with E-state index in [-0.39, 0.29) is 35.3 Å². The van der Waals surface area contributed by atoms with Gasteiger partial charge in [-0.1, -0.05) is 13.8 Å². The van der Waals surface area contributed by atoms with Crippen molar-refractivity contribution in [2.24, 2.45) is 5.41 Å². The molecule has 0 aromatic rings. The van der Waals surface area contributed by atoms with Crippen LogP contribution in [0.15, 0.2) is 0 Å². The maximum atomic E-state index is 11.1. The second-order valence-corrected chi connectivity index (χ2v) is 6.16. The summed E-state index contributed by atoms with van der Waals surface area (Å²) in [5.74, 6) is -0.232. The Bertz CT molecular complexity index is 338. The van der Waals surface area contributed by atoms with Crippen LogP contribution in [0.4, 0.5) is 0 Å². The van der Waals surface area contributed by atoms with Gasteiger partial charge in [-0.3, -0.25) is 4.79 Å². The molecule has 0 spiro atoms. The second-order valence-electron chi connectivity index (χ2n) is 6.16. The summed E-state index contributed by atoms with van der Waals surface area (Å²) in [7, 11) is 0. The molecule has 0 bridgehead atoms. The van der Waals surface area contributed by atoms with Gasteiger partial charge >= 0.3 is 5.97 Å². The van der Waals surface area contributed by atoms with Crippen LogP contribution < -0.4 is 0 Å². The summed E-state index contributed by atoms with van der Waals surface area (Å²) in [5.41, 5.74) is -0.578. The smallest absolute Gasteiger partial charge is 0.302 e. The van der Waals surface area contributed by atoms with E-state index in [4.69, 9.17) is 9.47 Å². The normalized spacial score (nSPS) is 42.8. The number of esters is 1. The minimum Gasteiger partial charge on any atom is -0.462 e. The first-order valence-corrected chi connectivity index (χ1v) is 6.25. The molecule has 1 aliphatic heterocycles. The van der Waals surface area contributed by atoms with Crippen molar-refractivity contribution >= 4 is 5.97 Å². The van der Waals surface area contributed by atoms with Crippen LogP contribution in [0, 0.1) is 5.41 Å². The Morgan fingerprint density at radius 3 is 2.53 bits per heavy atom. The fourth-order valence-electron chi connectivity index (χ4n) is 3.79. The average molecular weight is 242 g/mol. The van der Waals surface area contributed by atoms with Crippen LogP contribution in [0.1, 0.15) is 47.0 Å². The first-order valence-electron chi connectivity index (χ1n) is 6.25. The van der Waals surface area contributed by atoms with Crippen LogP contribution in [0.2, 0.25) is 0 Å². The van der Waals surface area contributed by atoms with E-state index in [0.29, 0.717) is 6.42 Å². The molecule has 0 radical (unpaired) electrons. The van der Waals surface area contributed by atoms with Crippen molar-refractivity contribution in [3.05, 3.63) is 0 Å². The molecular formula is C13H22O4. The first-order chi connectivity index (χ1) is 7.76. The Labute approximate surface area is 102 Å². The standard InChI is InChI=1S/C13H22O4/c1-9(15)16-10-7-11(2,3)13(5-6-14)12(4,8-10)17-13/h10,14H,5-8H2,1-4H3/t10-,12?,13?/m0/s1. The van der Waals surface area contributed by atoms with Gasteiger partial charge in [0.05, 0.1) is 5.60 Å². The number of aliphatic hydroxyl groups excluding tert-OH is 1. The van der Waals surface area contributed by atoms with Gasteiger partial charge in [-0.2, -0.15) is 0 Å². The zero-order chi connectivity index (χ0) is 12.9. The summed E-state index contributed by atoms with van der Waals surface area (Å²) < 4.78 is 11.3. The molecule has 2 aliphatic rings. The number of fused-ring (bicyclic) bond motifs is 1. The first kappa shape index (κ1) is 12.8. The molecule has 1 saturated heterocycles. The van der Waals surface area contributed by atoms with Crippen molar-refractivity contribution in [3.63, 3.8) is 0 Å². The third-order valence-electron chi connectivity index (χ3n) is 4.46. The minimum absolute atomic E-state index is 0.0678. The minimum atomic E-state index is -0.252. The topological polar surface area (TPSA) is 59.1 Å². The van der Waals surface area contributed by atoms with Gasteiger partial charge in [0, 0.05) is 31.8 Å². The predicted molar refractivity (Wildman–Crippen MR) is 62.5 cm³/mol. The monoisotopic (exact) mass is 242 g/mol. The summed E-state index contributed by atoms with van der Waals surface area (Å²) in [6.07, 6.45) is 2.11. The van der Waals surface area contributed by atoms with E-state index >= 15 is 0 Å². The van der Waals surface area contributed by atoms with E-state index in [2.05, 4.69) is 20.8 Å². The molecule has 4 nitrogen and oxygen atoms in total. The number of carbonyl (C=O) groups is 1. The Balaban J connectivity index is 2.16. The molecule has 1 saturated carbocycles. The Morgan fingerprint density at radius 1 is 1.41 bits per heavy atom. The number of hydrogen-bond donors (Lipinski definition) is 1. The Kier molecular flexibility index (Phi) is 2.79. The number of aliphatic hydroxyl groups is 1. The number of ether oxygens (including phenoxy) is 2. The van der Waals surface area contributed by atoms with Crippen molar-refractivity contribution in [1.29, 1.82) is 0 Å². The molecule has 4 heteroatoms. The van der Waals surface area contributed by atoms with E-state index in [9.17, 15) is 9.90 Å². The molecule has 0 aromatic heterocycles. The fourth-order valence-corrected chi connectivity index (χ4v) is 3.79. The van der Waals surface area contributed by atoms with Gasteiger partial charge in [0.15, 0.2) is 0 Å². The van der Waals surface area contributed by atoms with Crippen molar-refractivity contribution in [2.45, 2.75) is 64.3 Å². The maximum Gasteiger partial charge on any atom is 0.302 e. The lowest BCUT2D eigenvalue weighted by Gasteiger charge is -2.41. The van der Waals surface area contributed by atoms with Gasteiger partial charge < -0.3 is 14.6 Å². The highest BCUT2D eigenvalue weighted by atomic mass is 16.6. The number of hydrogen-bond acceptors (Lipinski definition) is 4. The molecule has 1 N–H and O–H groups in total. The predicted octanol–water partition coefficient (Wildman–Crippen LogP) is 1.65. The summed E-state index contributed by atoms with van der Waals surface area (Å²) in [4.78, 5) is 11.1. The number of rotatable bonds is 3. The molecule has 17 heavy (non-hydrogen) atoms. The lowest BCUT2D eigenvalue weighted by atomic mass is 9.62. The van der Waals surface area contributed by atoms with Crippen LogP contribution in [-0.4, -0.2) is 35.0 Å². The van der Waals surface area contributed by atoms with E-state index in [1.807, 2.05) is 0 Å². The summed E-state index contributed by atoms with van der Waals surface area (Å²) in [6, 6.07) is 0. The molecule has 98 valence electrons. The second kappa shape index (κ2) is 3.69. The third kappa shape index (κ3) is 1.78. The number of epoxide rings is 1. The van der Waals surface area contributed by atoms with E-state index in [1.54, 1.807) is 0 Å². The van der Waals surface area contributed by atoms with Crippen molar-refractivity contribution in [2.75, 3.05) is 6.61 Å². The van der Waals surface area contributed by atoms with Gasteiger partial charge in [0.25, 0.3) is 0 Å². The van der Waals surface area contributed by atoms with Crippen LogP contribution in [-0.2, 0) is 14.3 Å². The van der Waals surface area contributed by atoms with Crippen LogP contribution in [0.5, 0.6) is 0 Å². The zero-order valence-electron chi connectivity index (χ0n) is 11.1. The van der Waals surface area contributed by atoms with Gasteiger partial charge in [-0.15, -0.1) is 0 Å². The highest BCUT2D eigenvalue weighted by Gasteiger charge is 2.75. The molecule has 2 rings (SSSR count). The molecule has 3 atom stereocenters. The number of carbonyl (C=O) groups excluding carboxylic acids is 1. The van der Waals surface area contributed by atoms with Gasteiger partial charge in [0.1, 0.15) is 11.7 Å². The molecule has 1 aliphatic carbocycles. The van der Waals surface area contributed by atoms with Crippen molar-refractivity contribution in [1.82, 2.24) is 0 Å². The summed E-state index contributed by atoms with van der Waals surface area (Å²) in [6.45, 7) is 7.89. The van der Waals surface area contributed by atoms with Crippen LogP contribution in [0.3, 0.4) is 0 Å². The Hall–Kier alpha value is -0.610. The van der Waals surface area contributed by atoms with Gasteiger partial charge in [-0.25, -0.2) is 0 Å². The lowest BCUT2D eigenvalue weighted by Crippen LogP contribution is -2.48. The third-order valence-corrected chi connectivity index (χ3v) is 4.46. The zero-order valence-corrected chi connectivity index (χ0v) is 11.1. The maximum absolute atomic E-state index is 11.1. The van der Waals surface area contributed by atoms with Crippen molar-refractivity contribution in [3.8, 4) is 0 Å². The van der Waals surface area contributed by atoms with Crippen molar-refractivity contribution < 1.29 is 19.4 Å². The molecule has 1 heterocycles. The molecule has 2 unspecified atom stereocenters. The molecular weight excluding hydrogens is 220 g/mol. The van der Waals surface area contributed by atoms with Crippen LogP contribution in [0.25, 0.3) is 0 Å². The molecule has 0 amide bonds. The average Bonchev–Trinajstić information content (AvgIpc) is 2.70. The van der Waals surface area contributed by atoms with Gasteiger partial charge in [-0.05, 0) is 13.3 Å². The summed E-state index contributed by atoms with van der Waals surface area (Å²) in [5, 5.41) is 9.20. The SMILES string of the molecule is CC(=O)O[C@H]1CC(C)(C)C2(CCO)OC2(C)C1. The van der Waals surface area contributed by atoms with Crippen LogP contribution >= 0.6 is 0 Å². The molecule has 2 fully saturated rings. The highest BCUT2D eigenvalue weighted by Crippen LogP contribution is 2.67. The van der Waals surface area contributed by atoms with E-state index in [1.165, 1.54) is 6.92 Å². The van der Waals surface area contributed by atoms with E-state index in [0.717, 1.165) is 12.8 Å². The summed E-state index contributed by atoms with van der Waals surface area (Å²) >= 11 is 0. The van der Waals surface area contributed by atoms with E-state index < -0.39 is 0 Å². The van der Waals surface area contributed by atoms with Gasteiger partial charge in [0.2, 0.25) is 0 Å². The lowest BCUT2D eigenvalue weighted by molar-refractivity contribution is -0.150. The highest BCUT2D eigenvalue weighted by molar-refractivity contribution is 5.66. The molecule has 0 aromatic carbocycles. The fraction of sp³-hybridized carbons (Fsp3) is 0.923. The largest absolute Gasteiger partial charge is 0.462 e. The quantitative estimate of drug-likeness (QED) is 0.604.